The van der Waals surface area contributed by atoms with Gasteiger partial charge in [0.05, 0.1) is 17.2 Å². The van der Waals surface area contributed by atoms with Gasteiger partial charge in [-0.15, -0.1) is 0 Å². The molecule has 0 spiro atoms. The molecule has 1 aromatic carbocycles. The van der Waals surface area contributed by atoms with Gasteiger partial charge in [0.25, 0.3) is 0 Å². The maximum absolute atomic E-state index is 14.1. The molecule has 1 saturated heterocycles. The highest BCUT2D eigenvalue weighted by atomic mass is 32.2. The predicted octanol–water partition coefficient (Wildman–Crippen LogP) is 1.31. The van der Waals surface area contributed by atoms with Crippen molar-refractivity contribution in [2.24, 2.45) is 0 Å². The molecule has 1 N–H and O–H groups in total. The second kappa shape index (κ2) is 5.33. The monoisotopic (exact) mass is 298 g/mol. The van der Waals surface area contributed by atoms with Crippen molar-refractivity contribution in [3.05, 3.63) is 29.6 Å². The third kappa shape index (κ3) is 3.30. The van der Waals surface area contributed by atoms with Crippen LogP contribution in [0, 0.1) is 5.82 Å². The molecule has 2 fully saturated rings. The molecule has 1 aliphatic carbocycles. The van der Waals surface area contributed by atoms with Gasteiger partial charge in [-0.1, -0.05) is 6.07 Å². The van der Waals surface area contributed by atoms with E-state index in [1.165, 1.54) is 12.8 Å². The van der Waals surface area contributed by atoms with Crippen molar-refractivity contribution in [3.63, 3.8) is 0 Å². The summed E-state index contributed by atoms with van der Waals surface area (Å²) < 4.78 is 36.9. The first-order chi connectivity index (χ1) is 9.53. The van der Waals surface area contributed by atoms with E-state index in [2.05, 4.69) is 5.32 Å². The molecule has 0 unspecified atom stereocenters. The van der Waals surface area contributed by atoms with Gasteiger partial charge in [0, 0.05) is 25.7 Å². The average Bonchev–Trinajstić information content (AvgIpc) is 3.21. The van der Waals surface area contributed by atoms with E-state index in [1.807, 2.05) is 11.0 Å². The number of sulfone groups is 1. The van der Waals surface area contributed by atoms with Crippen molar-refractivity contribution < 1.29 is 12.8 Å². The molecule has 2 aliphatic rings. The first-order valence-corrected chi connectivity index (χ1v) is 8.83. The van der Waals surface area contributed by atoms with Crippen LogP contribution in [0.3, 0.4) is 0 Å². The van der Waals surface area contributed by atoms with E-state index in [-0.39, 0.29) is 17.3 Å². The number of anilines is 1. The summed E-state index contributed by atoms with van der Waals surface area (Å²) in [6.07, 6.45) is 2.42. The number of hydrogen-bond donors (Lipinski definition) is 1. The molecule has 1 aliphatic heterocycles. The van der Waals surface area contributed by atoms with E-state index < -0.39 is 9.84 Å². The molecule has 110 valence electrons. The van der Waals surface area contributed by atoms with E-state index >= 15 is 0 Å². The fourth-order valence-corrected chi connectivity index (χ4v) is 3.62. The Labute approximate surface area is 118 Å². The van der Waals surface area contributed by atoms with Crippen LogP contribution in [0.5, 0.6) is 0 Å². The summed E-state index contributed by atoms with van der Waals surface area (Å²) in [7, 11) is -2.93. The van der Waals surface area contributed by atoms with Crippen LogP contribution in [0.1, 0.15) is 18.4 Å². The van der Waals surface area contributed by atoms with E-state index in [1.54, 1.807) is 12.1 Å². The molecule has 0 amide bonds. The predicted molar refractivity (Wildman–Crippen MR) is 77.1 cm³/mol. The Kier molecular flexibility index (Phi) is 3.69. The van der Waals surface area contributed by atoms with Crippen molar-refractivity contribution in [2.45, 2.75) is 25.4 Å². The van der Waals surface area contributed by atoms with Gasteiger partial charge in [-0.25, -0.2) is 12.8 Å². The van der Waals surface area contributed by atoms with Crippen LogP contribution >= 0.6 is 0 Å². The van der Waals surface area contributed by atoms with Crippen molar-refractivity contribution in [1.82, 2.24) is 5.32 Å². The Morgan fingerprint density at radius 3 is 2.55 bits per heavy atom. The zero-order chi connectivity index (χ0) is 14.2. The van der Waals surface area contributed by atoms with Crippen LogP contribution in [0.2, 0.25) is 0 Å². The van der Waals surface area contributed by atoms with E-state index in [0.717, 1.165) is 5.56 Å². The number of nitrogens with zero attached hydrogens (tertiary/aromatic N) is 1. The molecule has 0 radical (unpaired) electrons. The lowest BCUT2D eigenvalue weighted by Crippen LogP contribution is -2.40. The smallest absolute Gasteiger partial charge is 0.153 e. The van der Waals surface area contributed by atoms with Crippen molar-refractivity contribution >= 4 is 15.5 Å². The molecule has 0 aromatic heterocycles. The van der Waals surface area contributed by atoms with Crippen LogP contribution in [0.4, 0.5) is 10.1 Å². The molecule has 3 rings (SSSR count). The molecule has 6 heteroatoms. The molecule has 4 nitrogen and oxygen atoms in total. The van der Waals surface area contributed by atoms with Gasteiger partial charge >= 0.3 is 0 Å². The van der Waals surface area contributed by atoms with E-state index in [9.17, 15) is 12.8 Å². The van der Waals surface area contributed by atoms with E-state index in [0.29, 0.717) is 31.4 Å². The number of hydrogen-bond acceptors (Lipinski definition) is 4. The van der Waals surface area contributed by atoms with Crippen LogP contribution in [-0.4, -0.2) is 39.1 Å². The zero-order valence-corrected chi connectivity index (χ0v) is 12.1. The summed E-state index contributed by atoms with van der Waals surface area (Å²) in [6, 6.07) is 5.83. The number of rotatable bonds is 4. The van der Waals surface area contributed by atoms with Gasteiger partial charge in [0.15, 0.2) is 9.84 Å². The van der Waals surface area contributed by atoms with Gasteiger partial charge in [-0.3, -0.25) is 0 Å². The van der Waals surface area contributed by atoms with Gasteiger partial charge in [0.1, 0.15) is 5.82 Å². The first-order valence-electron chi connectivity index (χ1n) is 7.01. The highest BCUT2D eigenvalue weighted by Crippen LogP contribution is 2.24. The third-order valence-corrected chi connectivity index (χ3v) is 5.48. The third-order valence-electron chi connectivity index (χ3n) is 3.87. The summed E-state index contributed by atoms with van der Waals surface area (Å²) in [6.45, 7) is 1.44. The Bertz CT molecular complexity index is 585. The van der Waals surface area contributed by atoms with Crippen LogP contribution in [-0.2, 0) is 16.4 Å². The molecule has 0 atom stereocenters. The molecular weight excluding hydrogens is 279 g/mol. The summed E-state index contributed by atoms with van der Waals surface area (Å²) in [5, 5.41) is 3.35. The minimum atomic E-state index is -2.93. The maximum Gasteiger partial charge on any atom is 0.153 e. The van der Waals surface area contributed by atoms with Crippen molar-refractivity contribution in [3.8, 4) is 0 Å². The molecule has 1 aromatic rings. The van der Waals surface area contributed by atoms with Gasteiger partial charge < -0.3 is 10.2 Å². The van der Waals surface area contributed by atoms with Crippen LogP contribution < -0.4 is 10.2 Å². The van der Waals surface area contributed by atoms with Crippen molar-refractivity contribution in [2.75, 3.05) is 29.5 Å². The fraction of sp³-hybridized carbons (Fsp3) is 0.571. The standard InChI is InChI=1S/C14H19FN2O2S/c15-13-9-11(10-16-12-2-3-12)1-4-14(13)17-5-7-20(18,19)8-6-17/h1,4,9,12,16H,2-3,5-8,10H2. The first kappa shape index (κ1) is 13.8. The number of halogens is 1. The molecule has 1 saturated carbocycles. The second-order valence-electron chi connectivity index (χ2n) is 5.58. The Hall–Kier alpha value is -1.14. The lowest BCUT2D eigenvalue weighted by Gasteiger charge is -2.29. The highest BCUT2D eigenvalue weighted by molar-refractivity contribution is 7.91. The minimum Gasteiger partial charge on any atom is -0.367 e. The summed E-state index contributed by atoms with van der Waals surface area (Å²) >= 11 is 0. The average molecular weight is 298 g/mol. The highest BCUT2D eigenvalue weighted by Gasteiger charge is 2.24. The van der Waals surface area contributed by atoms with Crippen LogP contribution in [0.25, 0.3) is 0 Å². The number of nitrogens with one attached hydrogen (secondary N) is 1. The largest absolute Gasteiger partial charge is 0.367 e. The summed E-state index contributed by atoms with van der Waals surface area (Å²) in [5.41, 5.74) is 1.44. The molecular formula is C14H19FN2O2S. The Morgan fingerprint density at radius 1 is 1.25 bits per heavy atom. The minimum absolute atomic E-state index is 0.109. The maximum atomic E-state index is 14.1. The number of benzene rings is 1. The quantitative estimate of drug-likeness (QED) is 0.910. The summed E-state index contributed by atoms with van der Waals surface area (Å²) in [4.78, 5) is 1.81. The molecule has 1 heterocycles. The Morgan fingerprint density at radius 2 is 1.95 bits per heavy atom. The second-order valence-corrected chi connectivity index (χ2v) is 7.88. The Balaban J connectivity index is 1.67. The van der Waals surface area contributed by atoms with Gasteiger partial charge in [-0.2, -0.15) is 0 Å². The van der Waals surface area contributed by atoms with Crippen molar-refractivity contribution in [1.29, 1.82) is 0 Å². The molecule has 20 heavy (non-hydrogen) atoms. The topological polar surface area (TPSA) is 49.4 Å². The molecule has 0 bridgehead atoms. The lowest BCUT2D eigenvalue weighted by atomic mass is 10.1. The van der Waals surface area contributed by atoms with Gasteiger partial charge in [-0.05, 0) is 30.5 Å². The zero-order valence-electron chi connectivity index (χ0n) is 11.3. The van der Waals surface area contributed by atoms with E-state index in [4.69, 9.17) is 0 Å². The SMILES string of the molecule is O=S1(=O)CCN(c2ccc(CNC3CC3)cc2F)CC1. The van der Waals surface area contributed by atoms with Crippen LogP contribution in [0.15, 0.2) is 18.2 Å². The lowest BCUT2D eigenvalue weighted by molar-refractivity contribution is 0.581. The van der Waals surface area contributed by atoms with Gasteiger partial charge in [0.2, 0.25) is 0 Å². The normalized spacial score (nSPS) is 21.9. The fourth-order valence-electron chi connectivity index (χ4n) is 2.42. The summed E-state index contributed by atoms with van der Waals surface area (Å²) in [5.74, 6) is -0.0473.